The van der Waals surface area contributed by atoms with Crippen LogP contribution in [0.4, 0.5) is 11.4 Å². The molecule has 0 bridgehead atoms. The molecule has 0 atom stereocenters. The lowest BCUT2D eigenvalue weighted by atomic mass is 10.1. The van der Waals surface area contributed by atoms with Crippen LogP contribution in [-0.2, 0) is 0 Å². The van der Waals surface area contributed by atoms with Crippen molar-refractivity contribution in [2.45, 2.75) is 20.3 Å². The lowest BCUT2D eigenvalue weighted by molar-refractivity contribution is 0.102. The fourth-order valence-corrected chi connectivity index (χ4v) is 2.35. The van der Waals surface area contributed by atoms with Crippen LogP contribution in [0.3, 0.4) is 0 Å². The number of hydrogen-bond acceptors (Lipinski definition) is 4. The van der Waals surface area contributed by atoms with Gasteiger partial charge < -0.3 is 15.5 Å². The number of amides is 1. The summed E-state index contributed by atoms with van der Waals surface area (Å²) >= 11 is 0. The SMILES string of the molecule is Cc1ccc(C)c(NC(=O)c2cncc(NCCCN(C)C)c2)c1. The van der Waals surface area contributed by atoms with E-state index in [1.54, 1.807) is 12.4 Å². The molecule has 0 saturated carbocycles. The van der Waals surface area contributed by atoms with E-state index in [0.717, 1.165) is 42.0 Å². The number of pyridine rings is 1. The number of aryl methyl sites for hydroxylation is 2. The maximum absolute atomic E-state index is 12.5. The van der Waals surface area contributed by atoms with Gasteiger partial charge >= 0.3 is 0 Å². The first kappa shape index (κ1) is 17.9. The smallest absolute Gasteiger partial charge is 0.257 e. The second-order valence-corrected chi connectivity index (χ2v) is 6.32. The molecule has 0 aliphatic heterocycles. The molecule has 1 aromatic heterocycles. The lowest BCUT2D eigenvalue weighted by Crippen LogP contribution is -2.17. The van der Waals surface area contributed by atoms with Crippen LogP contribution < -0.4 is 10.6 Å². The van der Waals surface area contributed by atoms with Crippen molar-refractivity contribution in [3.8, 4) is 0 Å². The predicted molar refractivity (Wildman–Crippen MR) is 99.8 cm³/mol. The molecule has 1 aromatic carbocycles. The predicted octanol–water partition coefficient (Wildman–Crippen LogP) is 3.31. The molecule has 24 heavy (non-hydrogen) atoms. The summed E-state index contributed by atoms with van der Waals surface area (Å²) in [5.74, 6) is -0.145. The maximum Gasteiger partial charge on any atom is 0.257 e. The zero-order chi connectivity index (χ0) is 17.5. The highest BCUT2D eigenvalue weighted by Gasteiger charge is 2.09. The van der Waals surface area contributed by atoms with Crippen molar-refractivity contribution in [3.63, 3.8) is 0 Å². The van der Waals surface area contributed by atoms with Crippen LogP contribution in [0.25, 0.3) is 0 Å². The Bertz CT molecular complexity index is 698. The van der Waals surface area contributed by atoms with Crippen LogP contribution in [0.2, 0.25) is 0 Å². The number of nitrogens with one attached hydrogen (secondary N) is 2. The van der Waals surface area contributed by atoms with Gasteiger partial charge in [0.1, 0.15) is 0 Å². The first-order chi connectivity index (χ1) is 11.5. The lowest BCUT2D eigenvalue weighted by Gasteiger charge is -2.12. The van der Waals surface area contributed by atoms with E-state index in [0.29, 0.717) is 5.56 Å². The van der Waals surface area contributed by atoms with Gasteiger partial charge in [-0.25, -0.2) is 0 Å². The van der Waals surface area contributed by atoms with Gasteiger partial charge in [0.15, 0.2) is 0 Å². The summed E-state index contributed by atoms with van der Waals surface area (Å²) in [6.45, 7) is 5.86. The van der Waals surface area contributed by atoms with E-state index in [1.165, 1.54) is 0 Å². The first-order valence-electron chi connectivity index (χ1n) is 8.18. The first-order valence-corrected chi connectivity index (χ1v) is 8.18. The summed E-state index contributed by atoms with van der Waals surface area (Å²) in [6.07, 6.45) is 4.36. The summed E-state index contributed by atoms with van der Waals surface area (Å²) in [5.41, 5.74) is 4.41. The van der Waals surface area contributed by atoms with Gasteiger partial charge in [-0.05, 0) is 64.2 Å². The summed E-state index contributed by atoms with van der Waals surface area (Å²) in [6, 6.07) is 7.85. The molecule has 128 valence electrons. The number of rotatable bonds is 7. The van der Waals surface area contributed by atoms with Crippen molar-refractivity contribution in [1.82, 2.24) is 9.88 Å². The second kappa shape index (κ2) is 8.45. The van der Waals surface area contributed by atoms with Gasteiger partial charge in [0.05, 0.1) is 11.3 Å². The summed E-state index contributed by atoms with van der Waals surface area (Å²) in [4.78, 5) is 18.8. The van der Waals surface area contributed by atoms with Crippen LogP contribution in [0.5, 0.6) is 0 Å². The van der Waals surface area contributed by atoms with Gasteiger partial charge in [-0.15, -0.1) is 0 Å². The maximum atomic E-state index is 12.5. The number of carbonyl (C=O) groups is 1. The van der Waals surface area contributed by atoms with Crippen molar-refractivity contribution >= 4 is 17.3 Å². The molecule has 0 unspecified atom stereocenters. The minimum Gasteiger partial charge on any atom is -0.384 e. The molecule has 2 rings (SSSR count). The van der Waals surface area contributed by atoms with Crippen molar-refractivity contribution in [3.05, 3.63) is 53.3 Å². The molecule has 0 aliphatic carbocycles. The quantitative estimate of drug-likeness (QED) is 0.767. The van der Waals surface area contributed by atoms with E-state index in [1.807, 2.05) is 38.1 Å². The van der Waals surface area contributed by atoms with E-state index in [-0.39, 0.29) is 5.91 Å². The second-order valence-electron chi connectivity index (χ2n) is 6.32. The number of nitrogens with zero attached hydrogens (tertiary/aromatic N) is 2. The number of hydrogen-bond donors (Lipinski definition) is 2. The van der Waals surface area contributed by atoms with Gasteiger partial charge in [0.25, 0.3) is 5.91 Å². The Balaban J connectivity index is 1.99. The highest BCUT2D eigenvalue weighted by molar-refractivity contribution is 6.05. The molecule has 0 fully saturated rings. The average molecular weight is 326 g/mol. The Kier molecular flexibility index (Phi) is 6.32. The molecule has 2 aromatic rings. The number of benzene rings is 1. The van der Waals surface area contributed by atoms with Crippen LogP contribution >= 0.6 is 0 Å². The molecule has 5 heteroatoms. The average Bonchev–Trinajstić information content (AvgIpc) is 2.55. The fraction of sp³-hybridized carbons (Fsp3) is 0.368. The van der Waals surface area contributed by atoms with E-state index in [9.17, 15) is 4.79 Å². The van der Waals surface area contributed by atoms with Crippen molar-refractivity contribution in [2.75, 3.05) is 37.8 Å². The number of carbonyl (C=O) groups excluding carboxylic acids is 1. The third-order valence-corrected chi connectivity index (χ3v) is 3.75. The van der Waals surface area contributed by atoms with Crippen LogP contribution in [0.15, 0.2) is 36.7 Å². The zero-order valence-corrected chi connectivity index (χ0v) is 14.9. The summed E-state index contributed by atoms with van der Waals surface area (Å²) in [5, 5.41) is 6.27. The van der Waals surface area contributed by atoms with Crippen molar-refractivity contribution in [2.24, 2.45) is 0 Å². The Morgan fingerprint density at radius 3 is 2.71 bits per heavy atom. The Labute approximate surface area is 144 Å². The fourth-order valence-electron chi connectivity index (χ4n) is 2.35. The Hall–Kier alpha value is -2.40. The van der Waals surface area contributed by atoms with Crippen molar-refractivity contribution in [1.29, 1.82) is 0 Å². The van der Waals surface area contributed by atoms with Crippen LogP contribution in [0.1, 0.15) is 27.9 Å². The van der Waals surface area contributed by atoms with Gasteiger partial charge in [0, 0.05) is 24.6 Å². The number of aromatic nitrogens is 1. The van der Waals surface area contributed by atoms with Gasteiger partial charge in [-0.2, -0.15) is 0 Å². The molecule has 0 spiro atoms. The highest BCUT2D eigenvalue weighted by Crippen LogP contribution is 2.18. The van der Waals surface area contributed by atoms with E-state index < -0.39 is 0 Å². The normalized spacial score (nSPS) is 10.7. The molecular weight excluding hydrogens is 300 g/mol. The van der Waals surface area contributed by atoms with E-state index >= 15 is 0 Å². The van der Waals surface area contributed by atoms with Gasteiger partial charge in [0.2, 0.25) is 0 Å². The van der Waals surface area contributed by atoms with Gasteiger partial charge in [-0.1, -0.05) is 12.1 Å². The number of anilines is 2. The minimum atomic E-state index is -0.145. The van der Waals surface area contributed by atoms with E-state index in [2.05, 4.69) is 34.6 Å². The zero-order valence-electron chi connectivity index (χ0n) is 14.9. The molecule has 0 saturated heterocycles. The molecule has 5 nitrogen and oxygen atoms in total. The Morgan fingerprint density at radius 2 is 1.96 bits per heavy atom. The molecule has 1 heterocycles. The largest absolute Gasteiger partial charge is 0.384 e. The summed E-state index contributed by atoms with van der Waals surface area (Å²) < 4.78 is 0. The van der Waals surface area contributed by atoms with E-state index in [4.69, 9.17) is 0 Å². The Morgan fingerprint density at radius 1 is 1.17 bits per heavy atom. The van der Waals surface area contributed by atoms with Gasteiger partial charge in [-0.3, -0.25) is 9.78 Å². The molecule has 0 aliphatic rings. The molecule has 2 N–H and O–H groups in total. The molecular formula is C19H26N4O. The minimum absolute atomic E-state index is 0.145. The highest BCUT2D eigenvalue weighted by atomic mass is 16.1. The van der Waals surface area contributed by atoms with Crippen LogP contribution in [0, 0.1) is 13.8 Å². The molecule has 0 radical (unpaired) electrons. The third-order valence-electron chi connectivity index (χ3n) is 3.75. The summed E-state index contributed by atoms with van der Waals surface area (Å²) in [7, 11) is 4.11. The topological polar surface area (TPSA) is 57.3 Å². The third kappa shape index (κ3) is 5.35. The standard InChI is InChI=1S/C19H26N4O/c1-14-6-7-15(2)18(10-14)22-19(24)16-11-17(13-20-12-16)21-8-5-9-23(3)4/h6-7,10-13,21H,5,8-9H2,1-4H3,(H,22,24). The molecule has 1 amide bonds. The van der Waals surface area contributed by atoms with Crippen LogP contribution in [-0.4, -0.2) is 43.0 Å². The van der Waals surface area contributed by atoms with Crippen molar-refractivity contribution < 1.29 is 4.79 Å². The monoisotopic (exact) mass is 326 g/mol.